The molecule has 3 aromatic rings. The third-order valence-electron chi connectivity index (χ3n) is 3.76. The van der Waals surface area contributed by atoms with Crippen molar-refractivity contribution < 1.29 is 19.0 Å². The maximum atomic E-state index is 13.0. The third kappa shape index (κ3) is 2.50. The molecule has 0 amide bonds. The molecule has 5 nitrogen and oxygen atoms in total. The van der Waals surface area contributed by atoms with E-state index in [4.69, 9.17) is 14.2 Å². The van der Waals surface area contributed by atoms with Crippen molar-refractivity contribution in [2.24, 2.45) is 0 Å². The highest BCUT2D eigenvalue weighted by molar-refractivity contribution is 6.05. The van der Waals surface area contributed by atoms with Crippen LogP contribution in [0.2, 0.25) is 0 Å². The van der Waals surface area contributed by atoms with Crippen LogP contribution in [0.25, 0.3) is 10.9 Å². The minimum absolute atomic E-state index is 0.209. The predicted molar refractivity (Wildman–Crippen MR) is 87.8 cm³/mol. The summed E-state index contributed by atoms with van der Waals surface area (Å²) in [4.78, 5) is 13.0. The molecule has 2 aromatic carbocycles. The van der Waals surface area contributed by atoms with E-state index in [0.29, 0.717) is 17.1 Å². The van der Waals surface area contributed by atoms with Crippen LogP contribution in [0.4, 0.5) is 0 Å². The van der Waals surface area contributed by atoms with Gasteiger partial charge in [0.2, 0.25) is 0 Å². The minimum atomic E-state index is -0.209. The lowest BCUT2D eigenvalue weighted by molar-refractivity contribution is 0.0959. The summed E-state index contributed by atoms with van der Waals surface area (Å²) in [7, 11) is 4.68. The standard InChI is InChI=1S/C18H17NO4/c1-21-13-7-8-14-12(11-13)9-10-19(14)18(20)17-15(22-2)5-4-6-16(17)23-3/h4-11H,1-3H3. The fraction of sp³-hybridized carbons (Fsp3) is 0.167. The van der Waals surface area contributed by atoms with Crippen molar-refractivity contribution in [1.29, 1.82) is 0 Å². The SMILES string of the molecule is COc1ccc2c(ccn2C(=O)c2c(OC)cccc2OC)c1. The lowest BCUT2D eigenvalue weighted by Crippen LogP contribution is -2.13. The van der Waals surface area contributed by atoms with E-state index >= 15 is 0 Å². The number of hydrogen-bond donors (Lipinski definition) is 0. The normalized spacial score (nSPS) is 10.6. The number of methoxy groups -OCH3 is 3. The first-order valence-electron chi connectivity index (χ1n) is 7.10. The van der Waals surface area contributed by atoms with Crippen molar-refractivity contribution >= 4 is 16.8 Å². The maximum Gasteiger partial charge on any atom is 0.269 e. The van der Waals surface area contributed by atoms with Gasteiger partial charge in [0.15, 0.2) is 0 Å². The Hall–Kier alpha value is -2.95. The molecule has 0 saturated carbocycles. The first kappa shape index (κ1) is 15.0. The first-order valence-corrected chi connectivity index (χ1v) is 7.10. The zero-order chi connectivity index (χ0) is 16.4. The van der Waals surface area contributed by atoms with Crippen LogP contribution in [-0.2, 0) is 0 Å². The summed E-state index contributed by atoms with van der Waals surface area (Å²) in [6.07, 6.45) is 1.73. The molecule has 23 heavy (non-hydrogen) atoms. The molecule has 0 spiro atoms. The lowest BCUT2D eigenvalue weighted by Gasteiger charge is -2.13. The number of carbonyl (C=O) groups is 1. The highest BCUT2D eigenvalue weighted by Crippen LogP contribution is 2.31. The van der Waals surface area contributed by atoms with E-state index in [-0.39, 0.29) is 5.91 Å². The van der Waals surface area contributed by atoms with Gasteiger partial charge in [-0.05, 0) is 36.4 Å². The molecule has 5 heteroatoms. The smallest absolute Gasteiger partial charge is 0.269 e. The molecule has 118 valence electrons. The summed E-state index contributed by atoms with van der Waals surface area (Å²) in [6.45, 7) is 0. The number of aromatic nitrogens is 1. The van der Waals surface area contributed by atoms with Crippen LogP contribution in [-0.4, -0.2) is 31.8 Å². The Labute approximate surface area is 134 Å². The Morgan fingerprint density at radius 1 is 0.913 bits per heavy atom. The van der Waals surface area contributed by atoms with Gasteiger partial charge in [0.25, 0.3) is 5.91 Å². The Kier molecular flexibility index (Phi) is 3.93. The summed E-state index contributed by atoms with van der Waals surface area (Å²) >= 11 is 0. The van der Waals surface area contributed by atoms with Gasteiger partial charge in [-0.2, -0.15) is 0 Å². The summed E-state index contributed by atoms with van der Waals surface area (Å²) in [6, 6.07) is 12.7. The molecular weight excluding hydrogens is 294 g/mol. The Balaban J connectivity index is 2.15. The van der Waals surface area contributed by atoms with Crippen LogP contribution in [0.3, 0.4) is 0 Å². The summed E-state index contributed by atoms with van der Waals surface area (Å²) in [5.74, 6) is 1.49. The van der Waals surface area contributed by atoms with Crippen LogP contribution in [0.1, 0.15) is 10.4 Å². The van der Waals surface area contributed by atoms with Gasteiger partial charge in [0.05, 0.1) is 26.8 Å². The fourth-order valence-electron chi connectivity index (χ4n) is 2.61. The van der Waals surface area contributed by atoms with Crippen molar-refractivity contribution in [3.63, 3.8) is 0 Å². The van der Waals surface area contributed by atoms with E-state index in [1.165, 1.54) is 14.2 Å². The molecule has 0 radical (unpaired) electrons. The van der Waals surface area contributed by atoms with Crippen LogP contribution in [0, 0.1) is 0 Å². The fourth-order valence-corrected chi connectivity index (χ4v) is 2.61. The zero-order valence-corrected chi connectivity index (χ0v) is 13.2. The van der Waals surface area contributed by atoms with Gasteiger partial charge < -0.3 is 14.2 Å². The van der Waals surface area contributed by atoms with Crippen molar-refractivity contribution in [3.05, 3.63) is 54.2 Å². The molecule has 0 unspecified atom stereocenters. The van der Waals surface area contributed by atoms with E-state index in [1.54, 1.807) is 36.1 Å². The van der Waals surface area contributed by atoms with Gasteiger partial charge in [-0.25, -0.2) is 0 Å². The van der Waals surface area contributed by atoms with E-state index < -0.39 is 0 Å². The predicted octanol–water partition coefficient (Wildman–Crippen LogP) is 3.36. The molecule has 1 heterocycles. The first-order chi connectivity index (χ1) is 11.2. The lowest BCUT2D eigenvalue weighted by atomic mass is 10.1. The molecule has 0 N–H and O–H groups in total. The monoisotopic (exact) mass is 311 g/mol. The molecule has 0 aliphatic heterocycles. The Morgan fingerprint density at radius 3 is 2.22 bits per heavy atom. The van der Waals surface area contributed by atoms with Crippen LogP contribution >= 0.6 is 0 Å². The second kappa shape index (κ2) is 6.04. The second-order valence-electron chi connectivity index (χ2n) is 4.95. The number of nitrogens with zero attached hydrogens (tertiary/aromatic N) is 1. The van der Waals surface area contributed by atoms with Crippen LogP contribution in [0.15, 0.2) is 48.7 Å². The third-order valence-corrected chi connectivity index (χ3v) is 3.76. The number of carbonyl (C=O) groups excluding carboxylic acids is 1. The second-order valence-corrected chi connectivity index (χ2v) is 4.95. The minimum Gasteiger partial charge on any atom is -0.497 e. The average molecular weight is 311 g/mol. The Morgan fingerprint density at radius 2 is 1.61 bits per heavy atom. The van der Waals surface area contributed by atoms with Gasteiger partial charge in [-0.1, -0.05) is 6.07 Å². The molecule has 0 atom stereocenters. The highest BCUT2D eigenvalue weighted by Gasteiger charge is 2.21. The van der Waals surface area contributed by atoms with Gasteiger partial charge >= 0.3 is 0 Å². The summed E-state index contributed by atoms with van der Waals surface area (Å²) < 4.78 is 17.4. The molecule has 0 bridgehead atoms. The number of fused-ring (bicyclic) bond motifs is 1. The van der Waals surface area contributed by atoms with Crippen molar-refractivity contribution in [2.45, 2.75) is 0 Å². The largest absolute Gasteiger partial charge is 0.497 e. The maximum absolute atomic E-state index is 13.0. The molecule has 0 fully saturated rings. The number of hydrogen-bond acceptors (Lipinski definition) is 4. The van der Waals surface area contributed by atoms with E-state index in [9.17, 15) is 4.79 Å². The van der Waals surface area contributed by atoms with Gasteiger partial charge in [0.1, 0.15) is 22.8 Å². The summed E-state index contributed by atoms with van der Waals surface area (Å²) in [5, 5.41) is 0.923. The van der Waals surface area contributed by atoms with Crippen molar-refractivity contribution in [1.82, 2.24) is 4.57 Å². The van der Waals surface area contributed by atoms with Crippen LogP contribution in [0.5, 0.6) is 17.2 Å². The van der Waals surface area contributed by atoms with Crippen molar-refractivity contribution in [3.8, 4) is 17.2 Å². The number of ether oxygens (including phenoxy) is 3. The number of benzene rings is 2. The number of rotatable bonds is 4. The quantitative estimate of drug-likeness (QED) is 0.741. The van der Waals surface area contributed by atoms with Gasteiger partial charge in [-0.3, -0.25) is 9.36 Å². The van der Waals surface area contributed by atoms with Gasteiger partial charge in [0, 0.05) is 11.6 Å². The molecule has 0 aliphatic carbocycles. The molecule has 0 aliphatic rings. The van der Waals surface area contributed by atoms with E-state index in [2.05, 4.69) is 0 Å². The molecular formula is C18H17NO4. The topological polar surface area (TPSA) is 49.7 Å². The average Bonchev–Trinajstić information content (AvgIpc) is 3.03. The summed E-state index contributed by atoms with van der Waals surface area (Å²) in [5.41, 5.74) is 1.19. The van der Waals surface area contributed by atoms with Crippen LogP contribution < -0.4 is 14.2 Å². The molecule has 0 saturated heterocycles. The molecule has 3 rings (SSSR count). The Bertz CT molecular complexity index is 844. The van der Waals surface area contributed by atoms with E-state index in [0.717, 1.165) is 16.7 Å². The van der Waals surface area contributed by atoms with Gasteiger partial charge in [-0.15, -0.1) is 0 Å². The van der Waals surface area contributed by atoms with E-state index in [1.807, 2.05) is 24.3 Å². The highest BCUT2D eigenvalue weighted by atomic mass is 16.5. The molecule has 1 aromatic heterocycles. The van der Waals surface area contributed by atoms with Crippen molar-refractivity contribution in [2.75, 3.05) is 21.3 Å². The zero-order valence-electron chi connectivity index (χ0n) is 13.2.